The lowest BCUT2D eigenvalue weighted by atomic mass is 9.87. The molecule has 0 radical (unpaired) electrons. The van der Waals surface area contributed by atoms with Crippen molar-refractivity contribution >= 4 is 11.8 Å². The van der Waals surface area contributed by atoms with Crippen LogP contribution in [0.3, 0.4) is 0 Å². The van der Waals surface area contributed by atoms with Gasteiger partial charge in [-0.1, -0.05) is 13.3 Å². The lowest BCUT2D eigenvalue weighted by molar-refractivity contribution is -0.124. The Kier molecular flexibility index (Phi) is 6.91. The van der Waals surface area contributed by atoms with Gasteiger partial charge in [0.05, 0.1) is 20.1 Å². The van der Waals surface area contributed by atoms with E-state index in [0.717, 1.165) is 18.4 Å². The van der Waals surface area contributed by atoms with Crippen LogP contribution in [-0.4, -0.2) is 57.4 Å². The first-order valence-electron chi connectivity index (χ1n) is 11.2. The molecular weight excluding hydrogens is 424 g/mol. The lowest BCUT2D eigenvalue weighted by Gasteiger charge is -2.21. The van der Waals surface area contributed by atoms with Gasteiger partial charge in [-0.25, -0.2) is 0 Å². The number of ether oxygens (including phenoxy) is 4. The Labute approximate surface area is 193 Å². The fraction of sp³-hybridized carbons (Fsp3) is 0.440. The maximum Gasteiger partial charge on any atom is 0.254 e. The summed E-state index contributed by atoms with van der Waals surface area (Å²) in [6, 6.07) is 10.7. The van der Waals surface area contributed by atoms with Gasteiger partial charge in [-0.2, -0.15) is 0 Å². The highest BCUT2D eigenvalue weighted by Crippen LogP contribution is 2.40. The van der Waals surface area contributed by atoms with Gasteiger partial charge in [0, 0.05) is 36.7 Å². The van der Waals surface area contributed by atoms with Crippen molar-refractivity contribution in [1.82, 2.24) is 10.2 Å². The van der Waals surface area contributed by atoms with Crippen molar-refractivity contribution in [3.63, 3.8) is 0 Å². The summed E-state index contributed by atoms with van der Waals surface area (Å²) in [4.78, 5) is 28.3. The molecule has 33 heavy (non-hydrogen) atoms. The largest absolute Gasteiger partial charge is 0.497 e. The molecule has 4 rings (SSSR count). The Bertz CT molecular complexity index is 1020. The van der Waals surface area contributed by atoms with Crippen LogP contribution < -0.4 is 24.3 Å². The minimum Gasteiger partial charge on any atom is -0.497 e. The van der Waals surface area contributed by atoms with Gasteiger partial charge in [-0.3, -0.25) is 9.59 Å². The average molecular weight is 455 g/mol. The Morgan fingerprint density at radius 1 is 1.06 bits per heavy atom. The SMILES string of the molecule is CCCCNC(=O)C1CN(C(=O)c2ccc3c(c2)OCO3)CC1c1cc(OC)ccc1OC. The number of fused-ring (bicyclic) bond motifs is 1. The van der Waals surface area contributed by atoms with Gasteiger partial charge in [0.25, 0.3) is 5.91 Å². The van der Waals surface area contributed by atoms with Gasteiger partial charge in [0.2, 0.25) is 12.7 Å². The van der Waals surface area contributed by atoms with Crippen molar-refractivity contribution < 1.29 is 28.5 Å². The van der Waals surface area contributed by atoms with Crippen LogP contribution in [0.4, 0.5) is 0 Å². The molecule has 2 amide bonds. The summed E-state index contributed by atoms with van der Waals surface area (Å²) in [5.74, 6) is 1.69. The Morgan fingerprint density at radius 3 is 2.64 bits per heavy atom. The molecule has 2 aromatic rings. The van der Waals surface area contributed by atoms with E-state index in [-0.39, 0.29) is 24.5 Å². The van der Waals surface area contributed by atoms with E-state index in [9.17, 15) is 9.59 Å². The highest BCUT2D eigenvalue weighted by Gasteiger charge is 2.42. The number of amides is 2. The molecule has 1 fully saturated rings. The first-order valence-corrected chi connectivity index (χ1v) is 11.2. The number of rotatable bonds is 8. The first-order chi connectivity index (χ1) is 16.0. The molecule has 1 saturated heterocycles. The van der Waals surface area contributed by atoms with Gasteiger partial charge in [-0.05, 0) is 42.8 Å². The molecule has 2 unspecified atom stereocenters. The smallest absolute Gasteiger partial charge is 0.254 e. The molecule has 2 aliphatic rings. The number of methoxy groups -OCH3 is 2. The number of nitrogens with zero attached hydrogens (tertiary/aromatic N) is 1. The number of hydrogen-bond acceptors (Lipinski definition) is 6. The normalized spacial score (nSPS) is 18.8. The fourth-order valence-electron chi connectivity index (χ4n) is 4.41. The lowest BCUT2D eigenvalue weighted by Crippen LogP contribution is -2.36. The Morgan fingerprint density at radius 2 is 1.88 bits per heavy atom. The summed E-state index contributed by atoms with van der Waals surface area (Å²) >= 11 is 0. The van der Waals surface area contributed by atoms with E-state index in [2.05, 4.69) is 12.2 Å². The van der Waals surface area contributed by atoms with Crippen molar-refractivity contribution in [3.05, 3.63) is 47.5 Å². The van der Waals surface area contributed by atoms with Crippen LogP contribution in [0.5, 0.6) is 23.0 Å². The molecular formula is C25H30N2O6. The second-order valence-electron chi connectivity index (χ2n) is 8.24. The van der Waals surface area contributed by atoms with E-state index in [1.54, 1.807) is 37.3 Å². The zero-order valence-corrected chi connectivity index (χ0v) is 19.3. The molecule has 2 atom stereocenters. The third-order valence-corrected chi connectivity index (χ3v) is 6.23. The van der Waals surface area contributed by atoms with E-state index in [1.807, 2.05) is 18.2 Å². The van der Waals surface area contributed by atoms with Crippen LogP contribution in [0.2, 0.25) is 0 Å². The third kappa shape index (κ3) is 4.69. The number of hydrogen-bond donors (Lipinski definition) is 1. The van der Waals surface area contributed by atoms with E-state index in [0.29, 0.717) is 48.2 Å². The first kappa shape index (κ1) is 22.8. The van der Waals surface area contributed by atoms with Crippen LogP contribution in [0.15, 0.2) is 36.4 Å². The van der Waals surface area contributed by atoms with Gasteiger partial charge >= 0.3 is 0 Å². The maximum absolute atomic E-state index is 13.4. The van der Waals surface area contributed by atoms with Crippen LogP contribution in [0.1, 0.15) is 41.6 Å². The van der Waals surface area contributed by atoms with Gasteiger partial charge in [0.15, 0.2) is 11.5 Å². The summed E-state index contributed by atoms with van der Waals surface area (Å²) in [5, 5.41) is 3.04. The molecule has 1 N–H and O–H groups in total. The zero-order chi connectivity index (χ0) is 23.4. The Balaban J connectivity index is 1.62. The van der Waals surface area contributed by atoms with Crippen molar-refractivity contribution in [1.29, 1.82) is 0 Å². The molecule has 2 aliphatic heterocycles. The predicted molar refractivity (Wildman–Crippen MR) is 122 cm³/mol. The summed E-state index contributed by atoms with van der Waals surface area (Å²) in [6.07, 6.45) is 1.90. The fourth-order valence-corrected chi connectivity index (χ4v) is 4.41. The summed E-state index contributed by atoms with van der Waals surface area (Å²) in [6.45, 7) is 3.55. The summed E-state index contributed by atoms with van der Waals surface area (Å²) in [5.41, 5.74) is 1.36. The van der Waals surface area contributed by atoms with Crippen LogP contribution in [0, 0.1) is 5.92 Å². The van der Waals surface area contributed by atoms with Crippen LogP contribution in [-0.2, 0) is 4.79 Å². The van der Waals surface area contributed by atoms with Crippen molar-refractivity contribution in [2.24, 2.45) is 5.92 Å². The standard InChI is InChI=1S/C25H30N2O6/c1-4-5-10-26-24(28)20-14-27(25(29)16-6-8-22-23(11-16)33-15-32-22)13-19(20)18-12-17(30-2)7-9-21(18)31-3/h6-9,11-12,19-20H,4-5,10,13-15H2,1-3H3,(H,26,28). The van der Waals surface area contributed by atoms with Gasteiger partial charge < -0.3 is 29.2 Å². The number of carbonyl (C=O) groups excluding carboxylic acids is 2. The molecule has 176 valence electrons. The highest BCUT2D eigenvalue weighted by atomic mass is 16.7. The molecule has 0 spiro atoms. The number of benzene rings is 2. The highest BCUT2D eigenvalue weighted by molar-refractivity contribution is 5.96. The van der Waals surface area contributed by atoms with Gasteiger partial charge in [0.1, 0.15) is 11.5 Å². The van der Waals surface area contributed by atoms with Gasteiger partial charge in [-0.15, -0.1) is 0 Å². The summed E-state index contributed by atoms with van der Waals surface area (Å²) in [7, 11) is 3.21. The topological polar surface area (TPSA) is 86.3 Å². The molecule has 0 aromatic heterocycles. The minimum atomic E-state index is -0.402. The molecule has 8 nitrogen and oxygen atoms in total. The molecule has 2 aromatic carbocycles. The monoisotopic (exact) mass is 454 g/mol. The minimum absolute atomic E-state index is 0.0562. The second-order valence-corrected chi connectivity index (χ2v) is 8.24. The zero-order valence-electron chi connectivity index (χ0n) is 19.3. The molecule has 0 saturated carbocycles. The van der Waals surface area contributed by atoms with E-state index >= 15 is 0 Å². The number of unbranched alkanes of at least 4 members (excludes halogenated alkanes) is 1. The number of nitrogens with one attached hydrogen (secondary N) is 1. The van der Waals surface area contributed by atoms with Crippen LogP contribution in [0.25, 0.3) is 0 Å². The third-order valence-electron chi connectivity index (χ3n) is 6.23. The summed E-state index contributed by atoms with van der Waals surface area (Å²) < 4.78 is 21.8. The number of likely N-dealkylation sites (tertiary alicyclic amines) is 1. The number of carbonyl (C=O) groups is 2. The predicted octanol–water partition coefficient (Wildman–Crippen LogP) is 3.20. The van der Waals surface area contributed by atoms with E-state index < -0.39 is 5.92 Å². The van der Waals surface area contributed by atoms with Crippen molar-refractivity contribution in [3.8, 4) is 23.0 Å². The Hall–Kier alpha value is -3.42. The van der Waals surface area contributed by atoms with E-state index in [1.165, 1.54) is 0 Å². The molecule has 8 heteroatoms. The van der Waals surface area contributed by atoms with Crippen molar-refractivity contribution in [2.45, 2.75) is 25.7 Å². The second kappa shape index (κ2) is 10.0. The molecule has 2 heterocycles. The quantitative estimate of drug-likeness (QED) is 0.617. The van der Waals surface area contributed by atoms with Crippen LogP contribution >= 0.6 is 0 Å². The molecule has 0 aliphatic carbocycles. The van der Waals surface area contributed by atoms with Crippen molar-refractivity contribution in [2.75, 3.05) is 40.6 Å². The average Bonchev–Trinajstić information content (AvgIpc) is 3.50. The molecule has 0 bridgehead atoms. The van der Waals surface area contributed by atoms with E-state index in [4.69, 9.17) is 18.9 Å². The maximum atomic E-state index is 13.4.